The zero-order valence-corrected chi connectivity index (χ0v) is 15.4. The van der Waals surface area contributed by atoms with Gasteiger partial charge in [0, 0.05) is 31.0 Å². The van der Waals surface area contributed by atoms with Gasteiger partial charge in [0.15, 0.2) is 0 Å². The van der Waals surface area contributed by atoms with Crippen molar-refractivity contribution in [2.75, 3.05) is 38.3 Å². The van der Waals surface area contributed by atoms with E-state index in [0.717, 1.165) is 44.2 Å². The van der Waals surface area contributed by atoms with Gasteiger partial charge in [-0.3, -0.25) is 4.90 Å². The minimum absolute atomic E-state index is 0.115. The molecule has 24 heavy (non-hydrogen) atoms. The summed E-state index contributed by atoms with van der Waals surface area (Å²) in [6.45, 7) is 8.81. The number of hydrogen-bond acceptors (Lipinski definition) is 6. The molecule has 3 rings (SSSR count). The Morgan fingerprint density at radius 1 is 1.25 bits per heavy atom. The zero-order chi connectivity index (χ0) is 17.0. The molecule has 1 aliphatic rings. The molecule has 0 N–H and O–H groups in total. The van der Waals surface area contributed by atoms with Crippen LogP contribution in [0.5, 0.6) is 0 Å². The van der Waals surface area contributed by atoms with E-state index in [1.54, 1.807) is 11.8 Å². The predicted octanol–water partition coefficient (Wildman–Crippen LogP) is 3.21. The Morgan fingerprint density at radius 2 is 2.04 bits per heavy atom. The van der Waals surface area contributed by atoms with Crippen molar-refractivity contribution < 1.29 is 9.26 Å². The van der Waals surface area contributed by atoms with Crippen LogP contribution in [0, 0.1) is 0 Å². The first-order valence-corrected chi connectivity index (χ1v) is 9.70. The topological polar surface area (TPSA) is 51.4 Å². The lowest BCUT2D eigenvalue weighted by Gasteiger charge is -2.26. The van der Waals surface area contributed by atoms with Crippen molar-refractivity contribution in [1.82, 2.24) is 15.0 Å². The summed E-state index contributed by atoms with van der Waals surface area (Å²) in [5, 5.41) is 4.19. The van der Waals surface area contributed by atoms with Crippen LogP contribution in [-0.2, 0) is 16.7 Å². The molecule has 0 spiro atoms. The molecule has 0 amide bonds. The van der Waals surface area contributed by atoms with Gasteiger partial charge in [0.1, 0.15) is 0 Å². The van der Waals surface area contributed by atoms with E-state index in [2.05, 4.69) is 53.3 Å². The Balaban J connectivity index is 1.75. The van der Waals surface area contributed by atoms with Crippen molar-refractivity contribution in [3.63, 3.8) is 0 Å². The number of hydrogen-bond donors (Lipinski definition) is 0. The van der Waals surface area contributed by atoms with Gasteiger partial charge in [-0.15, -0.1) is 0 Å². The fraction of sp³-hybridized carbons (Fsp3) is 0.556. The van der Waals surface area contributed by atoms with E-state index in [4.69, 9.17) is 9.26 Å². The maximum absolute atomic E-state index is 5.52. The average molecular weight is 347 g/mol. The molecule has 1 fully saturated rings. The van der Waals surface area contributed by atoms with Crippen molar-refractivity contribution in [3.8, 4) is 11.4 Å². The fourth-order valence-electron chi connectivity index (χ4n) is 2.86. The quantitative estimate of drug-likeness (QED) is 0.800. The fourth-order valence-corrected chi connectivity index (χ4v) is 3.71. The van der Waals surface area contributed by atoms with Gasteiger partial charge in [-0.05, 0) is 17.9 Å². The van der Waals surface area contributed by atoms with Gasteiger partial charge < -0.3 is 9.26 Å². The SMILES string of the molecule is CSCC(C)(C)c1nc(-c2cccc(CN3CCOCC3)c2)no1. The van der Waals surface area contributed by atoms with Crippen LogP contribution in [0.4, 0.5) is 0 Å². The smallest absolute Gasteiger partial charge is 0.233 e. The van der Waals surface area contributed by atoms with Gasteiger partial charge in [-0.2, -0.15) is 16.7 Å². The summed E-state index contributed by atoms with van der Waals surface area (Å²) in [4.78, 5) is 7.04. The number of ether oxygens (including phenoxy) is 1. The molecule has 130 valence electrons. The number of rotatable bonds is 6. The number of aromatic nitrogens is 2. The molecule has 1 aliphatic heterocycles. The van der Waals surface area contributed by atoms with E-state index >= 15 is 0 Å². The third-order valence-electron chi connectivity index (χ3n) is 4.21. The van der Waals surface area contributed by atoms with Crippen molar-refractivity contribution in [1.29, 1.82) is 0 Å². The largest absolute Gasteiger partial charge is 0.379 e. The minimum Gasteiger partial charge on any atom is -0.379 e. The van der Waals surface area contributed by atoms with Crippen LogP contribution in [0.2, 0.25) is 0 Å². The maximum Gasteiger partial charge on any atom is 0.233 e. The molecule has 6 heteroatoms. The van der Waals surface area contributed by atoms with E-state index in [1.165, 1.54) is 5.56 Å². The lowest BCUT2D eigenvalue weighted by atomic mass is 9.96. The lowest BCUT2D eigenvalue weighted by molar-refractivity contribution is 0.0342. The number of benzene rings is 1. The monoisotopic (exact) mass is 347 g/mol. The summed E-state index contributed by atoms with van der Waals surface area (Å²) in [5.41, 5.74) is 2.16. The standard InChI is InChI=1S/C18H25N3O2S/c1-18(2,13-24-3)17-19-16(20-23-17)15-6-4-5-14(11-15)12-21-7-9-22-10-8-21/h4-6,11H,7-10,12-13H2,1-3H3. The highest BCUT2D eigenvalue weighted by molar-refractivity contribution is 7.98. The number of nitrogens with zero attached hydrogens (tertiary/aromatic N) is 3. The van der Waals surface area contributed by atoms with E-state index in [9.17, 15) is 0 Å². The summed E-state index contributed by atoms with van der Waals surface area (Å²) in [5.74, 6) is 2.32. The molecule has 0 bridgehead atoms. The summed E-state index contributed by atoms with van der Waals surface area (Å²) in [6, 6.07) is 8.41. The molecule has 0 saturated carbocycles. The summed E-state index contributed by atoms with van der Waals surface area (Å²) in [7, 11) is 0. The second-order valence-electron chi connectivity index (χ2n) is 6.83. The van der Waals surface area contributed by atoms with Crippen LogP contribution in [0.15, 0.2) is 28.8 Å². The highest BCUT2D eigenvalue weighted by Gasteiger charge is 2.27. The molecule has 1 aromatic heterocycles. The molecular weight excluding hydrogens is 322 g/mol. The van der Waals surface area contributed by atoms with Gasteiger partial charge in [-0.1, -0.05) is 37.2 Å². The molecule has 5 nitrogen and oxygen atoms in total. The molecule has 1 saturated heterocycles. The maximum atomic E-state index is 5.52. The normalized spacial score (nSPS) is 16.5. The van der Waals surface area contributed by atoms with E-state index in [0.29, 0.717) is 11.7 Å². The molecule has 1 aromatic carbocycles. The Bertz CT molecular complexity index is 666. The van der Waals surface area contributed by atoms with Crippen LogP contribution in [0.3, 0.4) is 0 Å². The number of morpholine rings is 1. The Morgan fingerprint density at radius 3 is 2.79 bits per heavy atom. The lowest BCUT2D eigenvalue weighted by Crippen LogP contribution is -2.35. The van der Waals surface area contributed by atoms with Crippen molar-refractivity contribution in [2.45, 2.75) is 25.8 Å². The Hall–Kier alpha value is -1.37. The number of thioether (sulfide) groups is 1. The van der Waals surface area contributed by atoms with E-state index in [1.807, 2.05) is 6.07 Å². The molecule has 2 heterocycles. The highest BCUT2D eigenvalue weighted by atomic mass is 32.2. The molecule has 0 aliphatic carbocycles. The molecule has 0 radical (unpaired) electrons. The van der Waals surface area contributed by atoms with Gasteiger partial charge >= 0.3 is 0 Å². The second kappa shape index (κ2) is 7.68. The first-order valence-electron chi connectivity index (χ1n) is 8.31. The minimum atomic E-state index is -0.115. The van der Waals surface area contributed by atoms with Crippen LogP contribution >= 0.6 is 11.8 Å². The van der Waals surface area contributed by atoms with Crippen molar-refractivity contribution in [3.05, 3.63) is 35.7 Å². The average Bonchev–Trinajstić information content (AvgIpc) is 3.07. The predicted molar refractivity (Wildman–Crippen MR) is 97.2 cm³/mol. The zero-order valence-electron chi connectivity index (χ0n) is 14.6. The summed E-state index contributed by atoms with van der Waals surface area (Å²) in [6.07, 6.45) is 2.09. The third kappa shape index (κ3) is 4.18. The third-order valence-corrected chi connectivity index (χ3v) is 5.22. The van der Waals surface area contributed by atoms with Gasteiger partial charge in [0.25, 0.3) is 0 Å². The molecule has 2 aromatic rings. The van der Waals surface area contributed by atoms with Gasteiger partial charge in [0.2, 0.25) is 11.7 Å². The summed E-state index contributed by atoms with van der Waals surface area (Å²) < 4.78 is 10.9. The van der Waals surface area contributed by atoms with Crippen molar-refractivity contribution >= 4 is 11.8 Å². The highest BCUT2D eigenvalue weighted by Crippen LogP contribution is 2.27. The van der Waals surface area contributed by atoms with Crippen molar-refractivity contribution in [2.24, 2.45) is 0 Å². The van der Waals surface area contributed by atoms with Crippen LogP contribution in [0.1, 0.15) is 25.3 Å². The van der Waals surface area contributed by atoms with Gasteiger partial charge in [0.05, 0.1) is 18.6 Å². The van der Waals surface area contributed by atoms with Gasteiger partial charge in [-0.25, -0.2) is 0 Å². The van der Waals surface area contributed by atoms with E-state index < -0.39 is 0 Å². The van der Waals surface area contributed by atoms with Crippen LogP contribution in [-0.4, -0.2) is 53.4 Å². The Kier molecular flexibility index (Phi) is 5.58. The molecular formula is C18H25N3O2S. The summed E-state index contributed by atoms with van der Waals surface area (Å²) >= 11 is 1.79. The second-order valence-corrected chi connectivity index (χ2v) is 7.69. The first-order chi connectivity index (χ1) is 11.6. The van der Waals surface area contributed by atoms with Crippen LogP contribution in [0.25, 0.3) is 11.4 Å². The van der Waals surface area contributed by atoms with Crippen LogP contribution < -0.4 is 0 Å². The molecule has 0 atom stereocenters. The Labute approximate surface area is 147 Å². The molecule has 0 unspecified atom stereocenters. The van der Waals surface area contributed by atoms with E-state index in [-0.39, 0.29) is 5.41 Å². The first kappa shape index (κ1) is 17.5.